The fraction of sp³-hybridized carbons (Fsp3) is 0.233. The average Bonchev–Trinajstić information content (AvgIpc) is 2.86. The molecule has 4 nitrogen and oxygen atoms in total. The van der Waals surface area contributed by atoms with Crippen LogP contribution in [0.5, 0.6) is 5.75 Å². The highest BCUT2D eigenvalue weighted by Gasteiger charge is 2.20. The zero-order valence-corrected chi connectivity index (χ0v) is 19.7. The first-order valence-corrected chi connectivity index (χ1v) is 11.6. The fourth-order valence-electron chi connectivity index (χ4n) is 4.11. The molecule has 0 radical (unpaired) electrons. The van der Waals surface area contributed by atoms with Gasteiger partial charge in [0.15, 0.2) is 0 Å². The molecule has 0 heterocycles. The maximum atomic E-state index is 10.5. The van der Waals surface area contributed by atoms with Crippen molar-refractivity contribution in [3.8, 4) is 22.9 Å². The number of hydrogen-bond acceptors (Lipinski definition) is 4. The molecule has 4 aromatic carbocycles. The number of nitriles is 1. The number of aliphatic hydroxyl groups is 1. The van der Waals surface area contributed by atoms with E-state index in [-0.39, 0.29) is 12.1 Å². The minimum absolute atomic E-state index is 0.110. The Morgan fingerprint density at radius 3 is 2.38 bits per heavy atom. The van der Waals surface area contributed by atoms with Gasteiger partial charge in [-0.2, -0.15) is 5.26 Å². The van der Waals surface area contributed by atoms with Crippen molar-refractivity contribution in [3.05, 3.63) is 102 Å². The number of aliphatic hydroxyl groups excluding tert-OH is 1. The minimum atomic E-state index is -0.698. The summed E-state index contributed by atoms with van der Waals surface area (Å²) >= 11 is 0. The Labute approximate surface area is 201 Å². The Morgan fingerprint density at radius 2 is 1.62 bits per heavy atom. The van der Waals surface area contributed by atoms with Gasteiger partial charge in [0.1, 0.15) is 24.5 Å². The summed E-state index contributed by atoms with van der Waals surface area (Å²) in [6.07, 6.45) is 0.140. The van der Waals surface area contributed by atoms with Crippen LogP contribution in [0.1, 0.15) is 25.0 Å². The summed E-state index contributed by atoms with van der Waals surface area (Å²) < 4.78 is 5.80. The number of nitrogens with zero attached hydrogens (tertiary/aromatic N) is 1. The highest BCUT2D eigenvalue weighted by Crippen LogP contribution is 2.26. The number of rotatable bonds is 9. The fourth-order valence-corrected chi connectivity index (χ4v) is 4.11. The largest absolute Gasteiger partial charge is 0.489 e. The Hall–Kier alpha value is -3.65. The van der Waals surface area contributed by atoms with Crippen molar-refractivity contribution >= 4 is 10.8 Å². The van der Waals surface area contributed by atoms with Gasteiger partial charge in [0.05, 0.1) is 5.56 Å². The summed E-state index contributed by atoms with van der Waals surface area (Å²) in [6, 6.07) is 32.6. The number of nitrogens with one attached hydrogen (secondary N) is 1. The van der Waals surface area contributed by atoms with Gasteiger partial charge in [-0.15, -0.1) is 0 Å². The molecule has 0 spiro atoms. The van der Waals surface area contributed by atoms with Crippen molar-refractivity contribution in [1.82, 2.24) is 5.32 Å². The maximum absolute atomic E-state index is 10.5. The second-order valence-corrected chi connectivity index (χ2v) is 9.28. The number of fused-ring (bicyclic) bond motifs is 1. The van der Waals surface area contributed by atoms with Gasteiger partial charge >= 0.3 is 0 Å². The summed E-state index contributed by atoms with van der Waals surface area (Å²) in [5, 5.41) is 26.0. The van der Waals surface area contributed by atoms with E-state index >= 15 is 0 Å². The Kier molecular flexibility index (Phi) is 7.27. The first kappa shape index (κ1) is 23.5. The van der Waals surface area contributed by atoms with Crippen LogP contribution in [0.2, 0.25) is 0 Å². The maximum Gasteiger partial charge on any atom is 0.137 e. The second kappa shape index (κ2) is 10.5. The lowest BCUT2D eigenvalue weighted by Crippen LogP contribution is -2.46. The van der Waals surface area contributed by atoms with E-state index in [9.17, 15) is 10.4 Å². The Balaban J connectivity index is 1.31. The van der Waals surface area contributed by atoms with Gasteiger partial charge in [-0.05, 0) is 59.9 Å². The van der Waals surface area contributed by atoms with Crippen molar-refractivity contribution in [2.75, 3.05) is 13.2 Å². The lowest BCUT2D eigenvalue weighted by atomic mass is 9.93. The van der Waals surface area contributed by atoms with Crippen LogP contribution in [-0.4, -0.2) is 29.9 Å². The van der Waals surface area contributed by atoms with Crippen LogP contribution in [0, 0.1) is 11.3 Å². The quantitative estimate of drug-likeness (QED) is 0.342. The van der Waals surface area contributed by atoms with Crippen LogP contribution in [0.25, 0.3) is 21.9 Å². The van der Waals surface area contributed by atoms with E-state index in [4.69, 9.17) is 4.74 Å². The van der Waals surface area contributed by atoms with Gasteiger partial charge < -0.3 is 15.2 Å². The van der Waals surface area contributed by atoms with Crippen molar-refractivity contribution in [1.29, 1.82) is 5.26 Å². The van der Waals surface area contributed by atoms with Crippen LogP contribution in [0.15, 0.2) is 91.0 Å². The predicted molar refractivity (Wildman–Crippen MR) is 138 cm³/mol. The molecule has 0 aliphatic rings. The van der Waals surface area contributed by atoms with Gasteiger partial charge in [0, 0.05) is 12.1 Å². The van der Waals surface area contributed by atoms with Crippen molar-refractivity contribution in [2.45, 2.75) is 31.9 Å². The number of hydrogen-bond donors (Lipinski definition) is 2. The molecule has 0 amide bonds. The topological polar surface area (TPSA) is 65.3 Å². The van der Waals surface area contributed by atoms with Crippen LogP contribution in [0.3, 0.4) is 0 Å². The molecule has 0 saturated heterocycles. The van der Waals surface area contributed by atoms with Gasteiger partial charge in [0.2, 0.25) is 0 Å². The van der Waals surface area contributed by atoms with E-state index in [1.807, 2.05) is 48.5 Å². The zero-order chi connectivity index (χ0) is 24.0. The standard InChI is InChI=1S/C30H30N2O2/c1-30(2,18-22-12-13-24-10-6-7-11-25(24)16-22)32-20-28(33)21-34-29-15-14-26(17-27(29)19-31)23-8-4-3-5-9-23/h3-17,28,32-33H,18,20-21H2,1-2H3/t28-/m1/s1. The SMILES string of the molecule is CC(C)(Cc1ccc2ccccc2c1)NC[C@@H](O)COc1ccc(-c2ccccc2)cc1C#N. The average molecular weight is 451 g/mol. The summed E-state index contributed by atoms with van der Waals surface area (Å²) in [6.45, 7) is 4.76. The molecular formula is C30H30N2O2. The number of ether oxygens (including phenoxy) is 1. The summed E-state index contributed by atoms with van der Waals surface area (Å²) in [4.78, 5) is 0. The molecule has 4 aromatic rings. The number of benzene rings is 4. The van der Waals surface area contributed by atoms with Crippen molar-refractivity contribution in [3.63, 3.8) is 0 Å². The van der Waals surface area contributed by atoms with E-state index in [2.05, 4.69) is 61.6 Å². The van der Waals surface area contributed by atoms with Gasteiger partial charge in [-0.25, -0.2) is 0 Å². The molecule has 1 atom stereocenters. The highest BCUT2D eigenvalue weighted by molar-refractivity contribution is 5.83. The molecule has 0 aliphatic carbocycles. The van der Waals surface area contributed by atoms with Gasteiger partial charge in [0.25, 0.3) is 0 Å². The Bertz CT molecular complexity index is 1290. The minimum Gasteiger partial charge on any atom is -0.489 e. The molecule has 0 saturated carbocycles. The first-order chi connectivity index (χ1) is 16.4. The molecule has 4 rings (SSSR count). The van der Waals surface area contributed by atoms with E-state index in [1.165, 1.54) is 16.3 Å². The van der Waals surface area contributed by atoms with Crippen LogP contribution in [-0.2, 0) is 6.42 Å². The normalized spacial score (nSPS) is 12.3. The third kappa shape index (κ3) is 6.02. The van der Waals surface area contributed by atoms with Gasteiger partial charge in [-0.3, -0.25) is 0 Å². The third-order valence-corrected chi connectivity index (χ3v) is 5.91. The molecule has 2 N–H and O–H groups in total. The lowest BCUT2D eigenvalue weighted by Gasteiger charge is -2.28. The summed E-state index contributed by atoms with van der Waals surface area (Å²) in [5.41, 5.74) is 3.52. The smallest absolute Gasteiger partial charge is 0.137 e. The summed E-state index contributed by atoms with van der Waals surface area (Å²) in [5.74, 6) is 0.483. The van der Waals surface area contributed by atoms with Gasteiger partial charge in [-0.1, -0.05) is 78.9 Å². The predicted octanol–water partition coefficient (Wildman–Crippen LogP) is 5.73. The molecule has 0 unspecified atom stereocenters. The van der Waals surface area contributed by atoms with E-state index in [0.29, 0.717) is 17.9 Å². The molecular weight excluding hydrogens is 420 g/mol. The van der Waals surface area contributed by atoms with Crippen LogP contribution in [0.4, 0.5) is 0 Å². The first-order valence-electron chi connectivity index (χ1n) is 11.6. The van der Waals surface area contributed by atoms with E-state index in [1.54, 1.807) is 6.07 Å². The monoisotopic (exact) mass is 450 g/mol. The van der Waals surface area contributed by atoms with Crippen LogP contribution < -0.4 is 10.1 Å². The molecule has 172 valence electrons. The van der Waals surface area contributed by atoms with E-state index in [0.717, 1.165) is 17.5 Å². The van der Waals surface area contributed by atoms with Crippen molar-refractivity contribution < 1.29 is 9.84 Å². The molecule has 34 heavy (non-hydrogen) atoms. The highest BCUT2D eigenvalue weighted by atomic mass is 16.5. The third-order valence-electron chi connectivity index (χ3n) is 5.91. The lowest BCUT2D eigenvalue weighted by molar-refractivity contribution is 0.0987. The van der Waals surface area contributed by atoms with Crippen LogP contribution >= 0.6 is 0 Å². The molecule has 0 aromatic heterocycles. The van der Waals surface area contributed by atoms with E-state index < -0.39 is 6.10 Å². The molecule has 0 fully saturated rings. The second-order valence-electron chi connectivity index (χ2n) is 9.28. The van der Waals surface area contributed by atoms with Crippen molar-refractivity contribution in [2.24, 2.45) is 0 Å². The molecule has 4 heteroatoms. The number of β-amino-alcohol motifs (C(OH)–C–C–N with tert-alkyl or cyclic N) is 1. The molecule has 0 aliphatic heterocycles. The Morgan fingerprint density at radius 1 is 0.882 bits per heavy atom. The molecule has 0 bridgehead atoms. The summed E-state index contributed by atoms with van der Waals surface area (Å²) in [7, 11) is 0. The zero-order valence-electron chi connectivity index (χ0n) is 19.7.